The second-order valence-corrected chi connectivity index (χ2v) is 4.14. The maximum absolute atomic E-state index is 9.27. The summed E-state index contributed by atoms with van der Waals surface area (Å²) in [5.74, 6) is 0. The Hall–Kier alpha value is 0.911. The second kappa shape index (κ2) is 4.91. The van der Waals surface area contributed by atoms with Crippen LogP contribution in [0.1, 0.15) is 0 Å². The third kappa shape index (κ3) is 4.91. The first-order valence-corrected chi connectivity index (χ1v) is 6.42. The molecule has 24 valence electrons. The van der Waals surface area contributed by atoms with Gasteiger partial charge in [0, 0.05) is 0 Å². The van der Waals surface area contributed by atoms with Gasteiger partial charge in [-0.25, -0.2) is 0 Å². The summed E-state index contributed by atoms with van der Waals surface area (Å²) in [7, 11) is 0. The van der Waals surface area contributed by atoms with E-state index in [2.05, 4.69) is 0 Å². The van der Waals surface area contributed by atoms with Crippen molar-refractivity contribution in [3.05, 3.63) is 0 Å². The third-order valence-corrected chi connectivity index (χ3v) is 1.40. The van der Waals surface area contributed by atoms with Crippen molar-refractivity contribution in [2.75, 3.05) is 0 Å². The Morgan fingerprint density at radius 1 is 1.20 bits per heavy atom. The van der Waals surface area contributed by atoms with Gasteiger partial charge in [-0.15, -0.1) is 0 Å². The Kier molecular flexibility index (Phi) is 5.81. The minimum atomic E-state index is -1.50. The molecule has 0 bridgehead atoms. The molecule has 0 aromatic rings. The molecule has 0 spiro atoms. The summed E-state index contributed by atoms with van der Waals surface area (Å²) >= 11 is -1.50. The molecule has 2 nitrogen and oxygen atoms in total. The van der Waals surface area contributed by atoms with Gasteiger partial charge in [-0.1, -0.05) is 0 Å². The van der Waals surface area contributed by atoms with Gasteiger partial charge in [0.25, 0.3) is 0 Å². The van der Waals surface area contributed by atoms with Gasteiger partial charge in [0.1, 0.15) is 0 Å². The average Bonchev–Trinajstić information content (AvgIpc) is 1.41. The quantitative estimate of drug-likeness (QED) is 0.421. The molecule has 0 fully saturated rings. The van der Waals surface area contributed by atoms with Gasteiger partial charge in [0.15, 0.2) is 0 Å². The zero-order valence-electron chi connectivity index (χ0n) is 2.68. The summed E-state index contributed by atoms with van der Waals surface area (Å²) in [5.41, 5.74) is 0. The molecular weight excluding hydrogens is 193 g/mol. The number of hydrogen-bond acceptors (Lipinski definition) is 2. The van der Waals surface area contributed by atoms with Crippen molar-refractivity contribution in [2.45, 2.75) is 0 Å². The van der Waals surface area contributed by atoms with Gasteiger partial charge in [-0.3, -0.25) is 0 Å². The molecule has 0 aromatic heterocycles. The van der Waals surface area contributed by atoms with Crippen LogP contribution in [0.5, 0.6) is 0 Å². The van der Waals surface area contributed by atoms with Crippen LogP contribution in [-0.2, 0) is 9.59 Å². The van der Waals surface area contributed by atoms with Gasteiger partial charge >= 0.3 is 55.3 Å². The van der Waals surface area contributed by atoms with Crippen molar-refractivity contribution >= 4 is 45.7 Å². The molecule has 0 unspecified atom stereocenters. The fourth-order valence-corrected chi connectivity index (χ4v) is 0.286. The fraction of sp³-hybridized carbons (Fsp3) is 0. The molecular formula is C2H2BaO2. The van der Waals surface area contributed by atoms with Crippen molar-refractivity contribution in [1.29, 1.82) is 0 Å². The van der Waals surface area contributed by atoms with Gasteiger partial charge in [-0.05, 0) is 0 Å². The van der Waals surface area contributed by atoms with E-state index in [1.54, 1.807) is 0 Å². The van der Waals surface area contributed by atoms with E-state index in [9.17, 15) is 9.59 Å². The number of hydrogen-bond donors (Lipinski definition) is 0. The molecule has 0 saturated heterocycles. The summed E-state index contributed by atoms with van der Waals surface area (Å²) in [4.78, 5) is 18.5. The topological polar surface area (TPSA) is 34.1 Å². The first-order valence-electron chi connectivity index (χ1n) is 1.29. The van der Waals surface area contributed by atoms with Gasteiger partial charge in [0.2, 0.25) is 0 Å². The zero-order chi connectivity index (χ0) is 4.12. The first kappa shape index (κ1) is 5.91. The maximum atomic E-state index is 9.27. The average molecular weight is 195 g/mol. The molecule has 3 heteroatoms. The van der Waals surface area contributed by atoms with Crippen molar-refractivity contribution in [3.63, 3.8) is 0 Å². The Morgan fingerprint density at radius 2 is 1.60 bits per heavy atom. The molecule has 0 aliphatic carbocycles. The van der Waals surface area contributed by atoms with Crippen molar-refractivity contribution in [2.24, 2.45) is 0 Å². The monoisotopic (exact) mass is 196 g/mol. The van der Waals surface area contributed by atoms with Crippen LogP contribution in [0.2, 0.25) is 0 Å². The normalized spacial score (nSPS) is 4.80. The molecule has 0 rings (SSSR count). The summed E-state index contributed by atoms with van der Waals surface area (Å²) in [6.45, 7) is 0. The Balaban J connectivity index is 2.65. The van der Waals surface area contributed by atoms with Crippen molar-refractivity contribution < 1.29 is 9.59 Å². The summed E-state index contributed by atoms with van der Waals surface area (Å²) in [5, 5.41) is 0. The van der Waals surface area contributed by atoms with E-state index >= 15 is 0 Å². The van der Waals surface area contributed by atoms with Gasteiger partial charge in [0.05, 0.1) is 0 Å². The molecule has 0 heterocycles. The van der Waals surface area contributed by atoms with Gasteiger partial charge < -0.3 is 0 Å². The van der Waals surface area contributed by atoms with Crippen LogP contribution in [0, 0.1) is 0 Å². The van der Waals surface area contributed by atoms with E-state index in [-0.39, 0.29) is 0 Å². The Labute approximate surface area is 54.2 Å². The molecule has 0 aromatic carbocycles. The summed E-state index contributed by atoms with van der Waals surface area (Å²) in [6.07, 6.45) is 0. The molecule has 0 N–H and O–H groups in total. The van der Waals surface area contributed by atoms with E-state index < -0.39 is 44.2 Å². The van der Waals surface area contributed by atoms with Crippen LogP contribution in [0.4, 0.5) is 0 Å². The molecule has 0 amide bonds. The molecule has 5 heavy (non-hydrogen) atoms. The predicted octanol–water partition coefficient (Wildman–Crippen LogP) is -0.929. The number of rotatable bonds is 2. The van der Waals surface area contributed by atoms with Crippen molar-refractivity contribution in [1.82, 2.24) is 0 Å². The predicted molar refractivity (Wildman–Crippen MR) is 19.3 cm³/mol. The fourth-order valence-electron chi connectivity index (χ4n) is 0.0393. The molecule has 0 aliphatic heterocycles. The molecule has 0 radical (unpaired) electrons. The number of carbonyl (C=O) groups is 2. The molecule has 0 atom stereocenters. The van der Waals surface area contributed by atoms with E-state index in [4.69, 9.17) is 0 Å². The Morgan fingerprint density at radius 3 is 1.60 bits per heavy atom. The Bertz CT molecular complexity index is 36.9. The van der Waals surface area contributed by atoms with Crippen LogP contribution < -0.4 is 0 Å². The van der Waals surface area contributed by atoms with E-state index in [0.717, 1.165) is 1.51 Å². The van der Waals surface area contributed by atoms with E-state index in [0.29, 0.717) is 0 Å². The molecule has 0 aliphatic rings. The van der Waals surface area contributed by atoms with Crippen LogP contribution >= 0.6 is 0 Å². The SMILES string of the molecule is O=[CH][Ba][CH]=O. The van der Waals surface area contributed by atoms with Crippen molar-refractivity contribution in [3.8, 4) is 0 Å². The van der Waals surface area contributed by atoms with Gasteiger partial charge in [-0.2, -0.15) is 0 Å². The van der Waals surface area contributed by atoms with E-state index in [1.807, 2.05) is 0 Å². The number of carbonyl (C=O) groups excluding carboxylic acids is 2. The first-order chi connectivity index (χ1) is 2.41. The minimum absolute atomic E-state index is 0.785. The summed E-state index contributed by atoms with van der Waals surface area (Å²) in [6, 6.07) is 0. The summed E-state index contributed by atoms with van der Waals surface area (Å²) < 4.78 is 1.57. The second-order valence-electron chi connectivity index (χ2n) is 0.569. The van der Waals surface area contributed by atoms with Crippen LogP contribution in [-0.4, -0.2) is 45.7 Å². The van der Waals surface area contributed by atoms with Crippen LogP contribution in [0.25, 0.3) is 0 Å². The standard InChI is InChI=1S/2CHO.Ba/c2*1-2;/h2*1H;. The van der Waals surface area contributed by atoms with E-state index in [1.165, 1.54) is 0 Å². The third-order valence-electron chi connectivity index (χ3n) is 0.192. The zero-order valence-corrected chi connectivity index (χ0v) is 7.12. The van der Waals surface area contributed by atoms with Crippen LogP contribution in [0.15, 0.2) is 0 Å². The van der Waals surface area contributed by atoms with Crippen LogP contribution in [0.3, 0.4) is 0 Å². The molecule has 0 saturated carbocycles.